The number of hydrogen-bond acceptors (Lipinski definition) is 9. The Bertz CT molecular complexity index is 1310. The fourth-order valence-corrected chi connectivity index (χ4v) is 6.97. The summed E-state index contributed by atoms with van der Waals surface area (Å²) < 4.78 is 17.2. The number of para-hydroxylation sites is 1. The number of ether oxygens (including phenoxy) is 3. The zero-order valence-electron chi connectivity index (χ0n) is 23.1. The molecule has 1 aliphatic carbocycles. The highest BCUT2D eigenvalue weighted by atomic mass is 32.1. The van der Waals surface area contributed by atoms with Gasteiger partial charge >= 0.3 is 11.9 Å². The molecule has 0 amide bonds. The van der Waals surface area contributed by atoms with Crippen molar-refractivity contribution in [1.82, 2.24) is 10.0 Å². The Balaban J connectivity index is 1.42. The summed E-state index contributed by atoms with van der Waals surface area (Å²) in [5.74, 6) is -0.162. The zero-order valence-corrected chi connectivity index (χ0v) is 23.9. The first-order chi connectivity index (χ1) is 19.4. The highest BCUT2D eigenvalue weighted by molar-refractivity contribution is 7.10. The smallest absolute Gasteiger partial charge is 0.360 e. The third kappa shape index (κ3) is 6.37. The van der Waals surface area contributed by atoms with Crippen LogP contribution in [-0.4, -0.2) is 47.8 Å². The molecule has 0 unspecified atom stereocenters. The summed E-state index contributed by atoms with van der Waals surface area (Å²) in [6.07, 6.45) is 8.85. The molecule has 1 spiro atoms. The predicted octanol–water partition coefficient (Wildman–Crippen LogP) is 6.10. The zero-order chi connectivity index (χ0) is 28.0. The van der Waals surface area contributed by atoms with Crippen LogP contribution in [-0.2, 0) is 26.3 Å². The topological polar surface area (TPSA) is 87.2 Å². The van der Waals surface area contributed by atoms with Gasteiger partial charge in [0.05, 0.1) is 24.1 Å². The number of thiophene rings is 1. The van der Waals surface area contributed by atoms with Crippen LogP contribution in [0.1, 0.15) is 72.8 Å². The number of esters is 1. The lowest BCUT2D eigenvalue weighted by Gasteiger charge is -2.47. The van der Waals surface area contributed by atoms with E-state index in [1.807, 2.05) is 29.8 Å². The molecule has 1 atom stereocenters. The molecule has 0 radical (unpaired) electrons. The van der Waals surface area contributed by atoms with Gasteiger partial charge in [0.1, 0.15) is 17.1 Å². The van der Waals surface area contributed by atoms with Crippen molar-refractivity contribution < 1.29 is 28.6 Å². The maximum Gasteiger partial charge on any atom is 0.360 e. The second-order valence-corrected chi connectivity index (χ2v) is 11.7. The summed E-state index contributed by atoms with van der Waals surface area (Å²) >= 11 is 1.55. The molecular formula is C31H36N2O6S. The number of hydroxylamine groups is 2. The van der Waals surface area contributed by atoms with Crippen LogP contribution >= 0.6 is 11.3 Å². The third-order valence-electron chi connectivity index (χ3n) is 8.03. The van der Waals surface area contributed by atoms with E-state index in [1.165, 1.54) is 19.8 Å². The first-order valence-corrected chi connectivity index (χ1v) is 14.7. The largest absolute Gasteiger partial charge is 0.496 e. The van der Waals surface area contributed by atoms with Crippen LogP contribution < -0.4 is 9.47 Å². The number of hydrogen-bond donors (Lipinski definition) is 0. The molecule has 9 heteroatoms. The minimum Gasteiger partial charge on any atom is -0.496 e. The van der Waals surface area contributed by atoms with Crippen molar-refractivity contribution in [2.75, 3.05) is 20.3 Å². The van der Waals surface area contributed by atoms with Gasteiger partial charge in [-0.2, -0.15) is 0 Å². The average Bonchev–Trinajstić information content (AvgIpc) is 3.61. The number of carbonyl (C=O) groups excluding carboxylic acids is 2. The standard InChI is InChI=1S/C31H36N2O6S/c1-23(34)38-25-10-4-3-9-24(25)29(35)39-33(21-27-26(36-2)12-20-40-27)18-15-30(28-11-5-8-17-32-28)16-19-37-31(22-30)13-6-7-14-31/h3-5,8-12,17,20H,6-7,13-16,18-19,21-22H2,1-2H3/t30-/m1/s1. The van der Waals surface area contributed by atoms with Crippen molar-refractivity contribution in [3.05, 3.63) is 76.2 Å². The fourth-order valence-electron chi connectivity index (χ4n) is 6.12. The number of rotatable bonds is 10. The summed E-state index contributed by atoms with van der Waals surface area (Å²) in [5, 5.41) is 3.66. The lowest BCUT2D eigenvalue weighted by Crippen LogP contribution is -2.47. The molecular weight excluding hydrogens is 528 g/mol. The van der Waals surface area contributed by atoms with Gasteiger partial charge in [-0.05, 0) is 67.8 Å². The number of aromatic nitrogens is 1. The summed E-state index contributed by atoms with van der Waals surface area (Å²) in [4.78, 5) is 36.8. The van der Waals surface area contributed by atoms with Gasteiger partial charge in [-0.25, -0.2) is 4.79 Å². The highest BCUT2D eigenvalue weighted by Gasteiger charge is 2.48. The van der Waals surface area contributed by atoms with Crippen LogP contribution in [0, 0.1) is 0 Å². The van der Waals surface area contributed by atoms with Gasteiger partial charge in [0.15, 0.2) is 0 Å². The quantitative estimate of drug-likeness (QED) is 0.166. The van der Waals surface area contributed by atoms with E-state index in [2.05, 4.69) is 6.07 Å². The Morgan fingerprint density at radius 2 is 1.85 bits per heavy atom. The van der Waals surface area contributed by atoms with E-state index in [0.29, 0.717) is 19.7 Å². The number of nitrogens with zero attached hydrogens (tertiary/aromatic N) is 2. The van der Waals surface area contributed by atoms with Crippen molar-refractivity contribution in [2.45, 2.75) is 69.4 Å². The molecule has 1 saturated heterocycles. The molecule has 0 N–H and O–H groups in total. The van der Waals surface area contributed by atoms with E-state index in [-0.39, 0.29) is 22.3 Å². The molecule has 1 saturated carbocycles. The number of pyridine rings is 1. The lowest BCUT2D eigenvalue weighted by molar-refractivity contribution is -0.134. The molecule has 40 heavy (non-hydrogen) atoms. The van der Waals surface area contributed by atoms with E-state index in [0.717, 1.165) is 48.4 Å². The monoisotopic (exact) mass is 564 g/mol. The van der Waals surface area contributed by atoms with Gasteiger partial charge in [-0.1, -0.05) is 31.0 Å². The lowest BCUT2D eigenvalue weighted by atomic mass is 9.68. The first kappa shape index (κ1) is 28.3. The number of carbonyl (C=O) groups is 2. The maximum atomic E-state index is 13.4. The Kier molecular flexibility index (Phi) is 8.83. The fraction of sp³-hybridized carbons (Fsp3) is 0.452. The van der Waals surface area contributed by atoms with Crippen LogP contribution in [0.25, 0.3) is 0 Å². The molecule has 3 aromatic rings. The van der Waals surface area contributed by atoms with E-state index in [9.17, 15) is 9.59 Å². The van der Waals surface area contributed by atoms with Gasteiger partial charge in [-0.3, -0.25) is 9.78 Å². The van der Waals surface area contributed by atoms with Crippen molar-refractivity contribution in [2.24, 2.45) is 0 Å². The number of methoxy groups -OCH3 is 1. The van der Waals surface area contributed by atoms with Gasteiger partial charge in [0, 0.05) is 37.4 Å². The predicted molar refractivity (Wildman–Crippen MR) is 151 cm³/mol. The van der Waals surface area contributed by atoms with Crippen LogP contribution in [0.5, 0.6) is 11.5 Å². The van der Waals surface area contributed by atoms with Crippen LogP contribution in [0.4, 0.5) is 0 Å². The summed E-state index contributed by atoms with van der Waals surface area (Å²) in [6.45, 7) is 2.84. The van der Waals surface area contributed by atoms with E-state index in [1.54, 1.807) is 47.8 Å². The second kappa shape index (κ2) is 12.5. The molecule has 5 rings (SSSR count). The molecule has 2 fully saturated rings. The molecule has 2 aromatic heterocycles. The van der Waals surface area contributed by atoms with Crippen molar-refractivity contribution in [3.63, 3.8) is 0 Å². The summed E-state index contributed by atoms with van der Waals surface area (Å²) in [5.41, 5.74) is 0.932. The van der Waals surface area contributed by atoms with E-state index >= 15 is 0 Å². The molecule has 8 nitrogen and oxygen atoms in total. The van der Waals surface area contributed by atoms with E-state index in [4.69, 9.17) is 24.0 Å². The molecule has 1 aromatic carbocycles. The summed E-state index contributed by atoms with van der Waals surface area (Å²) in [7, 11) is 1.64. The molecule has 2 aliphatic rings. The second-order valence-electron chi connectivity index (χ2n) is 10.7. The highest BCUT2D eigenvalue weighted by Crippen LogP contribution is 2.49. The Labute approximate surface area is 239 Å². The minimum absolute atomic E-state index is 0.114. The van der Waals surface area contributed by atoms with Gasteiger partial charge in [0.25, 0.3) is 0 Å². The Morgan fingerprint density at radius 1 is 1.05 bits per heavy atom. The molecule has 0 bridgehead atoms. The van der Waals surface area contributed by atoms with Crippen molar-refractivity contribution in [3.8, 4) is 11.5 Å². The van der Waals surface area contributed by atoms with Gasteiger partial charge in [0.2, 0.25) is 0 Å². The molecule has 1 aliphatic heterocycles. The Morgan fingerprint density at radius 3 is 2.60 bits per heavy atom. The SMILES string of the molecule is COc1ccsc1CN(CC[C@@]1(c2ccccn2)CCOC2(CCCC2)C1)OC(=O)c1ccccc1OC(C)=O. The average molecular weight is 565 g/mol. The van der Waals surface area contributed by atoms with Gasteiger partial charge in [-0.15, -0.1) is 16.4 Å². The van der Waals surface area contributed by atoms with Crippen LogP contribution in [0.15, 0.2) is 60.1 Å². The van der Waals surface area contributed by atoms with Crippen LogP contribution in [0.2, 0.25) is 0 Å². The van der Waals surface area contributed by atoms with Crippen LogP contribution in [0.3, 0.4) is 0 Å². The van der Waals surface area contributed by atoms with Crippen molar-refractivity contribution in [1.29, 1.82) is 0 Å². The Hall–Kier alpha value is -3.27. The molecule has 3 heterocycles. The first-order valence-electron chi connectivity index (χ1n) is 13.8. The minimum atomic E-state index is -0.585. The third-order valence-corrected chi connectivity index (χ3v) is 8.92. The summed E-state index contributed by atoms with van der Waals surface area (Å²) in [6, 6.07) is 14.6. The van der Waals surface area contributed by atoms with Gasteiger partial charge < -0.3 is 19.0 Å². The van der Waals surface area contributed by atoms with Crippen molar-refractivity contribution >= 4 is 23.3 Å². The normalized spacial score (nSPS) is 20.0. The van der Waals surface area contributed by atoms with E-state index < -0.39 is 11.9 Å². The maximum absolute atomic E-state index is 13.4. The molecule has 212 valence electrons. The number of benzene rings is 1.